The summed E-state index contributed by atoms with van der Waals surface area (Å²) in [7, 11) is -3.11. The number of aliphatic imine (C=N–C) groups is 1. The minimum atomic E-state index is -3.11. The summed E-state index contributed by atoms with van der Waals surface area (Å²) in [6.45, 7) is 4.02. The molecule has 1 saturated heterocycles. The van der Waals surface area contributed by atoms with Gasteiger partial charge in [-0.15, -0.1) is 0 Å². The zero-order chi connectivity index (χ0) is 21.5. The number of aryl methyl sites for hydroxylation is 2. The third-order valence-corrected chi connectivity index (χ3v) is 8.39. The van der Waals surface area contributed by atoms with Gasteiger partial charge < -0.3 is 10.2 Å². The molecule has 0 aromatic heterocycles. The predicted molar refractivity (Wildman–Crippen MR) is 127 cm³/mol. The molecule has 9 heteroatoms. The van der Waals surface area contributed by atoms with Gasteiger partial charge in [0, 0.05) is 15.8 Å². The standard InChI is InChI=1S/C21H22BrN3O3S2/c1-13-3-4-14(2)18(9-13)25-19-12-30(27,28)11-17(19)24-21(25)29-10-20(26)23-16-7-5-15(22)6-8-16/h3-9,17,19H,10-12H2,1-2H3,(H,23,26)/t17-,19+/m1/s1. The maximum absolute atomic E-state index is 12.5. The maximum Gasteiger partial charge on any atom is 0.234 e. The predicted octanol–water partition coefficient (Wildman–Crippen LogP) is 3.78. The van der Waals surface area contributed by atoms with Crippen molar-refractivity contribution in [2.75, 3.05) is 27.5 Å². The lowest BCUT2D eigenvalue weighted by Gasteiger charge is -2.28. The van der Waals surface area contributed by atoms with E-state index in [1.165, 1.54) is 11.8 Å². The number of benzene rings is 2. The molecule has 2 aliphatic rings. The number of nitrogens with one attached hydrogen (secondary N) is 1. The second-order valence-corrected chi connectivity index (χ2v) is 11.6. The van der Waals surface area contributed by atoms with E-state index < -0.39 is 9.84 Å². The molecule has 1 fully saturated rings. The average Bonchev–Trinajstić information content (AvgIpc) is 3.15. The van der Waals surface area contributed by atoms with Gasteiger partial charge in [-0.1, -0.05) is 39.8 Å². The number of carbonyl (C=O) groups is 1. The first-order valence-electron chi connectivity index (χ1n) is 9.55. The van der Waals surface area contributed by atoms with E-state index >= 15 is 0 Å². The van der Waals surface area contributed by atoms with Crippen molar-refractivity contribution < 1.29 is 13.2 Å². The Morgan fingerprint density at radius 2 is 1.93 bits per heavy atom. The molecule has 30 heavy (non-hydrogen) atoms. The highest BCUT2D eigenvalue weighted by atomic mass is 79.9. The van der Waals surface area contributed by atoms with Crippen molar-refractivity contribution >= 4 is 60.0 Å². The van der Waals surface area contributed by atoms with Crippen LogP contribution in [0, 0.1) is 13.8 Å². The van der Waals surface area contributed by atoms with Crippen LogP contribution < -0.4 is 10.2 Å². The van der Waals surface area contributed by atoms with Crippen LogP contribution in [0.2, 0.25) is 0 Å². The van der Waals surface area contributed by atoms with Gasteiger partial charge in [-0.05, 0) is 55.3 Å². The molecular formula is C21H22BrN3O3S2. The Morgan fingerprint density at radius 3 is 2.67 bits per heavy atom. The zero-order valence-corrected chi connectivity index (χ0v) is 19.9. The highest BCUT2D eigenvalue weighted by Crippen LogP contribution is 2.37. The van der Waals surface area contributed by atoms with Crippen LogP contribution in [0.4, 0.5) is 11.4 Å². The largest absolute Gasteiger partial charge is 0.325 e. The SMILES string of the molecule is Cc1ccc(C)c(N2C(SCC(=O)Nc3ccc(Br)cc3)=N[C@@H]3CS(=O)(=O)C[C@@H]32)c1. The molecule has 1 amide bonds. The van der Waals surface area contributed by atoms with E-state index in [0.29, 0.717) is 5.17 Å². The smallest absolute Gasteiger partial charge is 0.234 e. The van der Waals surface area contributed by atoms with E-state index in [2.05, 4.69) is 27.3 Å². The number of thioether (sulfide) groups is 1. The van der Waals surface area contributed by atoms with Crippen molar-refractivity contribution in [1.29, 1.82) is 0 Å². The van der Waals surface area contributed by atoms with E-state index in [1.54, 1.807) is 0 Å². The summed E-state index contributed by atoms with van der Waals surface area (Å²) in [4.78, 5) is 19.2. The van der Waals surface area contributed by atoms with Gasteiger partial charge in [-0.3, -0.25) is 9.79 Å². The van der Waals surface area contributed by atoms with Gasteiger partial charge in [-0.25, -0.2) is 8.42 Å². The lowest BCUT2D eigenvalue weighted by molar-refractivity contribution is -0.113. The van der Waals surface area contributed by atoms with E-state index in [0.717, 1.165) is 27.0 Å². The second kappa shape index (κ2) is 8.36. The van der Waals surface area contributed by atoms with Crippen LogP contribution in [0.25, 0.3) is 0 Å². The zero-order valence-electron chi connectivity index (χ0n) is 16.6. The number of carbonyl (C=O) groups excluding carboxylic acids is 1. The number of nitrogens with zero attached hydrogens (tertiary/aromatic N) is 2. The molecule has 6 nitrogen and oxygen atoms in total. The van der Waals surface area contributed by atoms with Gasteiger partial charge >= 0.3 is 0 Å². The summed E-state index contributed by atoms with van der Waals surface area (Å²) < 4.78 is 25.4. The summed E-state index contributed by atoms with van der Waals surface area (Å²) in [6.07, 6.45) is 0. The van der Waals surface area contributed by atoms with Gasteiger partial charge in [0.15, 0.2) is 15.0 Å². The van der Waals surface area contributed by atoms with Crippen LogP contribution in [-0.4, -0.2) is 48.8 Å². The molecule has 0 radical (unpaired) electrons. The van der Waals surface area contributed by atoms with E-state index in [-0.39, 0.29) is 35.2 Å². The number of hydrogen-bond donors (Lipinski definition) is 1. The number of amidine groups is 1. The highest BCUT2D eigenvalue weighted by Gasteiger charge is 2.47. The fourth-order valence-electron chi connectivity index (χ4n) is 3.75. The van der Waals surface area contributed by atoms with Crippen LogP contribution in [0.15, 0.2) is 51.9 Å². The summed E-state index contributed by atoms with van der Waals surface area (Å²) in [5, 5.41) is 3.59. The van der Waals surface area contributed by atoms with Gasteiger partial charge in [0.1, 0.15) is 0 Å². The van der Waals surface area contributed by atoms with E-state index in [4.69, 9.17) is 4.99 Å². The van der Waals surface area contributed by atoms with Crippen LogP contribution in [0.3, 0.4) is 0 Å². The first-order valence-corrected chi connectivity index (χ1v) is 13.1. The topological polar surface area (TPSA) is 78.8 Å². The molecule has 158 valence electrons. The van der Waals surface area contributed by atoms with Crippen LogP contribution >= 0.6 is 27.7 Å². The molecule has 2 atom stereocenters. The molecule has 0 spiro atoms. The summed E-state index contributed by atoms with van der Waals surface area (Å²) in [5.41, 5.74) is 3.83. The third kappa shape index (κ3) is 4.58. The Bertz CT molecular complexity index is 1120. The minimum Gasteiger partial charge on any atom is -0.325 e. The fourth-order valence-corrected chi connectivity index (χ4v) is 6.78. The number of halogens is 1. The third-order valence-electron chi connectivity index (χ3n) is 5.19. The van der Waals surface area contributed by atoms with E-state index in [1.807, 2.05) is 55.1 Å². The molecule has 2 aromatic rings. The lowest BCUT2D eigenvalue weighted by Crippen LogP contribution is -2.40. The Morgan fingerprint density at radius 1 is 1.20 bits per heavy atom. The Kier molecular flexibility index (Phi) is 5.96. The number of anilines is 2. The maximum atomic E-state index is 12.5. The molecular weight excluding hydrogens is 486 g/mol. The second-order valence-electron chi connectivity index (χ2n) is 7.63. The number of fused-ring (bicyclic) bond motifs is 1. The summed E-state index contributed by atoms with van der Waals surface area (Å²) >= 11 is 4.73. The molecule has 4 rings (SSSR count). The number of sulfone groups is 1. The quantitative estimate of drug-likeness (QED) is 0.680. The molecule has 1 N–H and O–H groups in total. The van der Waals surface area contributed by atoms with Crippen molar-refractivity contribution in [3.63, 3.8) is 0 Å². The Labute approximate surface area is 189 Å². The number of amides is 1. The summed E-state index contributed by atoms with van der Waals surface area (Å²) in [6, 6.07) is 13.0. The normalized spacial score (nSPS) is 22.0. The van der Waals surface area contributed by atoms with Gasteiger partial charge in [0.25, 0.3) is 0 Å². The molecule has 2 heterocycles. The monoisotopic (exact) mass is 507 g/mol. The van der Waals surface area contributed by atoms with Crippen LogP contribution in [-0.2, 0) is 14.6 Å². The Balaban J connectivity index is 1.53. The highest BCUT2D eigenvalue weighted by molar-refractivity contribution is 9.10. The average molecular weight is 508 g/mol. The van der Waals surface area contributed by atoms with E-state index in [9.17, 15) is 13.2 Å². The minimum absolute atomic E-state index is 0.0637. The molecule has 0 bridgehead atoms. The fraction of sp³-hybridized carbons (Fsp3) is 0.333. The first kappa shape index (κ1) is 21.4. The van der Waals surface area contributed by atoms with Crippen LogP contribution in [0.1, 0.15) is 11.1 Å². The molecule has 0 saturated carbocycles. The lowest BCUT2D eigenvalue weighted by atomic mass is 10.1. The van der Waals surface area contributed by atoms with Crippen molar-refractivity contribution in [3.8, 4) is 0 Å². The Hall–Kier alpha value is -1.84. The van der Waals surface area contributed by atoms with Gasteiger partial charge in [0.05, 0.1) is 29.3 Å². The number of hydrogen-bond acceptors (Lipinski definition) is 6. The van der Waals surface area contributed by atoms with Crippen molar-refractivity contribution in [3.05, 3.63) is 58.1 Å². The van der Waals surface area contributed by atoms with Gasteiger partial charge in [-0.2, -0.15) is 0 Å². The molecule has 2 aromatic carbocycles. The number of rotatable bonds is 4. The molecule has 2 aliphatic heterocycles. The molecule has 0 unspecified atom stereocenters. The van der Waals surface area contributed by atoms with Crippen molar-refractivity contribution in [2.45, 2.75) is 25.9 Å². The van der Waals surface area contributed by atoms with Crippen LogP contribution in [0.5, 0.6) is 0 Å². The van der Waals surface area contributed by atoms with Gasteiger partial charge in [0.2, 0.25) is 5.91 Å². The molecule has 0 aliphatic carbocycles. The van der Waals surface area contributed by atoms with Crippen molar-refractivity contribution in [1.82, 2.24) is 0 Å². The van der Waals surface area contributed by atoms with Crippen molar-refractivity contribution in [2.24, 2.45) is 4.99 Å². The first-order chi connectivity index (χ1) is 14.2. The summed E-state index contributed by atoms with van der Waals surface area (Å²) in [5.74, 6) is 0.218.